The van der Waals surface area contributed by atoms with Gasteiger partial charge in [-0.3, -0.25) is 0 Å². The topological polar surface area (TPSA) is 21.3 Å². The van der Waals surface area contributed by atoms with E-state index in [1.165, 1.54) is 17.7 Å². The quantitative estimate of drug-likeness (QED) is 0.655. The molecule has 0 amide bonds. The molecule has 86 valence electrons. The lowest BCUT2D eigenvalue weighted by molar-refractivity contribution is 0.119. The van der Waals surface area contributed by atoms with Crippen molar-refractivity contribution in [1.29, 1.82) is 0 Å². The van der Waals surface area contributed by atoms with E-state index < -0.39 is 0 Å². The number of rotatable bonds is 9. The van der Waals surface area contributed by atoms with Crippen LogP contribution in [-0.4, -0.2) is 19.7 Å². The minimum absolute atomic E-state index is 0.778. The van der Waals surface area contributed by atoms with E-state index >= 15 is 0 Å². The molecule has 0 atom stereocenters. The van der Waals surface area contributed by atoms with E-state index in [-0.39, 0.29) is 0 Å². The van der Waals surface area contributed by atoms with Crippen molar-refractivity contribution < 1.29 is 4.74 Å². The summed E-state index contributed by atoms with van der Waals surface area (Å²) < 4.78 is 5.57. The minimum atomic E-state index is 0.778. The molecular formula is C12H21NOS. The zero-order chi connectivity index (χ0) is 10.8. The Balaban J connectivity index is 1.81. The molecule has 0 aliphatic carbocycles. The summed E-state index contributed by atoms with van der Waals surface area (Å²) in [7, 11) is 0. The maximum absolute atomic E-state index is 5.57. The van der Waals surface area contributed by atoms with Crippen LogP contribution in [0.3, 0.4) is 0 Å². The standard InChI is InChI=1S/C12H21NOS/c1-2-7-13-8-3-4-9-14-11-12-6-5-10-15-12/h5-6,10,13H,2-4,7-9,11H2,1H3. The second-order valence-corrected chi connectivity index (χ2v) is 4.62. The molecule has 1 heterocycles. The Hall–Kier alpha value is -0.380. The Morgan fingerprint density at radius 2 is 2.27 bits per heavy atom. The summed E-state index contributed by atoms with van der Waals surface area (Å²) in [6.45, 7) is 6.11. The number of nitrogens with one attached hydrogen (secondary N) is 1. The van der Waals surface area contributed by atoms with Gasteiger partial charge in [-0.2, -0.15) is 0 Å². The molecule has 0 radical (unpaired) electrons. The minimum Gasteiger partial charge on any atom is -0.376 e. The Labute approximate surface area is 96.7 Å². The molecule has 0 bridgehead atoms. The SMILES string of the molecule is CCCNCCCCOCc1cccs1. The lowest BCUT2D eigenvalue weighted by Crippen LogP contribution is -2.16. The fraction of sp³-hybridized carbons (Fsp3) is 0.667. The van der Waals surface area contributed by atoms with Crippen LogP contribution in [0, 0.1) is 0 Å². The fourth-order valence-corrected chi connectivity index (χ4v) is 1.96. The summed E-state index contributed by atoms with van der Waals surface area (Å²) in [6, 6.07) is 4.19. The van der Waals surface area contributed by atoms with Gasteiger partial charge >= 0.3 is 0 Å². The third-order valence-corrected chi connectivity index (χ3v) is 2.99. The molecule has 0 aromatic carbocycles. The van der Waals surface area contributed by atoms with E-state index in [1.807, 2.05) is 0 Å². The Morgan fingerprint density at radius 1 is 1.33 bits per heavy atom. The van der Waals surface area contributed by atoms with Gasteiger partial charge in [-0.05, 0) is 43.8 Å². The fourth-order valence-electron chi connectivity index (χ4n) is 1.32. The first-order valence-electron chi connectivity index (χ1n) is 5.74. The largest absolute Gasteiger partial charge is 0.376 e. The highest BCUT2D eigenvalue weighted by Gasteiger charge is 1.93. The van der Waals surface area contributed by atoms with Gasteiger partial charge in [0.2, 0.25) is 0 Å². The number of thiophene rings is 1. The summed E-state index contributed by atoms with van der Waals surface area (Å²) in [5.41, 5.74) is 0. The highest BCUT2D eigenvalue weighted by atomic mass is 32.1. The molecule has 2 nitrogen and oxygen atoms in total. The van der Waals surface area contributed by atoms with E-state index in [9.17, 15) is 0 Å². The molecule has 0 aliphatic heterocycles. The number of hydrogen-bond acceptors (Lipinski definition) is 3. The Bertz CT molecular complexity index is 224. The van der Waals surface area contributed by atoms with Crippen LogP contribution in [0.4, 0.5) is 0 Å². The molecular weight excluding hydrogens is 206 g/mol. The van der Waals surface area contributed by atoms with Gasteiger partial charge in [-0.15, -0.1) is 11.3 Å². The molecule has 0 spiro atoms. The molecule has 0 unspecified atom stereocenters. The molecule has 1 rings (SSSR count). The van der Waals surface area contributed by atoms with Crippen LogP contribution in [-0.2, 0) is 11.3 Å². The van der Waals surface area contributed by atoms with Crippen LogP contribution in [0.5, 0.6) is 0 Å². The third-order valence-electron chi connectivity index (χ3n) is 2.14. The van der Waals surface area contributed by atoms with Crippen LogP contribution >= 0.6 is 11.3 Å². The first-order valence-corrected chi connectivity index (χ1v) is 6.62. The third kappa shape index (κ3) is 6.66. The van der Waals surface area contributed by atoms with Crippen molar-refractivity contribution in [2.45, 2.75) is 32.8 Å². The van der Waals surface area contributed by atoms with Gasteiger partial charge in [-0.25, -0.2) is 0 Å². The second-order valence-electron chi connectivity index (χ2n) is 3.59. The van der Waals surface area contributed by atoms with Crippen molar-refractivity contribution in [3.05, 3.63) is 22.4 Å². The Morgan fingerprint density at radius 3 is 3.00 bits per heavy atom. The van der Waals surface area contributed by atoms with Crippen LogP contribution in [0.2, 0.25) is 0 Å². The van der Waals surface area contributed by atoms with Crippen LogP contribution < -0.4 is 5.32 Å². The summed E-state index contributed by atoms with van der Waals surface area (Å²) in [6.07, 6.45) is 3.58. The number of unbranched alkanes of at least 4 members (excludes halogenated alkanes) is 1. The number of ether oxygens (including phenoxy) is 1. The molecule has 0 aliphatic rings. The molecule has 15 heavy (non-hydrogen) atoms. The molecule has 0 fully saturated rings. The second kappa shape index (κ2) is 8.89. The first kappa shape index (κ1) is 12.7. The van der Waals surface area contributed by atoms with Gasteiger partial charge in [0, 0.05) is 11.5 Å². The van der Waals surface area contributed by atoms with Gasteiger partial charge < -0.3 is 10.1 Å². The maximum atomic E-state index is 5.57. The van der Waals surface area contributed by atoms with Gasteiger partial charge in [0.15, 0.2) is 0 Å². The van der Waals surface area contributed by atoms with E-state index in [2.05, 4.69) is 29.8 Å². The lowest BCUT2D eigenvalue weighted by Gasteiger charge is -2.03. The van der Waals surface area contributed by atoms with E-state index in [0.717, 1.165) is 32.7 Å². The summed E-state index contributed by atoms with van der Waals surface area (Å²) in [5, 5.41) is 5.48. The van der Waals surface area contributed by atoms with Crippen LogP contribution in [0.15, 0.2) is 17.5 Å². The molecule has 1 N–H and O–H groups in total. The summed E-state index contributed by atoms with van der Waals surface area (Å²) in [5.74, 6) is 0. The van der Waals surface area contributed by atoms with Gasteiger partial charge in [-0.1, -0.05) is 13.0 Å². The highest BCUT2D eigenvalue weighted by molar-refractivity contribution is 7.09. The average Bonchev–Trinajstić information content (AvgIpc) is 2.75. The lowest BCUT2D eigenvalue weighted by atomic mass is 10.3. The predicted molar refractivity (Wildman–Crippen MR) is 66.4 cm³/mol. The summed E-state index contributed by atoms with van der Waals surface area (Å²) in [4.78, 5) is 1.32. The van der Waals surface area contributed by atoms with Crippen molar-refractivity contribution in [2.24, 2.45) is 0 Å². The summed E-state index contributed by atoms with van der Waals surface area (Å²) >= 11 is 1.76. The van der Waals surface area contributed by atoms with Gasteiger partial charge in [0.05, 0.1) is 6.61 Å². The predicted octanol–water partition coefficient (Wildman–Crippen LogP) is 3.04. The smallest absolute Gasteiger partial charge is 0.0809 e. The van der Waals surface area contributed by atoms with Gasteiger partial charge in [0.25, 0.3) is 0 Å². The van der Waals surface area contributed by atoms with Crippen molar-refractivity contribution in [1.82, 2.24) is 5.32 Å². The van der Waals surface area contributed by atoms with Crippen molar-refractivity contribution >= 4 is 11.3 Å². The number of hydrogen-bond donors (Lipinski definition) is 1. The molecule has 1 aromatic rings. The molecule has 0 saturated carbocycles. The van der Waals surface area contributed by atoms with Crippen molar-refractivity contribution in [3.63, 3.8) is 0 Å². The van der Waals surface area contributed by atoms with Crippen LogP contribution in [0.1, 0.15) is 31.1 Å². The van der Waals surface area contributed by atoms with E-state index in [0.29, 0.717) is 0 Å². The normalized spacial score (nSPS) is 10.7. The Kier molecular flexibility index (Phi) is 7.52. The zero-order valence-electron chi connectivity index (χ0n) is 9.50. The average molecular weight is 227 g/mol. The monoisotopic (exact) mass is 227 g/mol. The van der Waals surface area contributed by atoms with E-state index in [1.54, 1.807) is 11.3 Å². The van der Waals surface area contributed by atoms with Crippen LogP contribution in [0.25, 0.3) is 0 Å². The molecule has 0 saturated heterocycles. The zero-order valence-corrected chi connectivity index (χ0v) is 10.3. The molecule has 3 heteroatoms. The van der Waals surface area contributed by atoms with E-state index in [4.69, 9.17) is 4.74 Å². The van der Waals surface area contributed by atoms with Gasteiger partial charge in [0.1, 0.15) is 0 Å². The molecule has 1 aromatic heterocycles. The highest BCUT2D eigenvalue weighted by Crippen LogP contribution is 2.09. The van der Waals surface area contributed by atoms with Crippen molar-refractivity contribution in [3.8, 4) is 0 Å². The first-order chi connectivity index (χ1) is 7.43. The maximum Gasteiger partial charge on any atom is 0.0809 e. The van der Waals surface area contributed by atoms with Crippen molar-refractivity contribution in [2.75, 3.05) is 19.7 Å².